The number of nitrogens with two attached hydrogens (primary N) is 1. The number of carbonyl (C=O) groups excluding carboxylic acids is 1. The molecular formula is C25H31N5O2. The van der Waals surface area contributed by atoms with Crippen LogP contribution in [-0.2, 0) is 17.8 Å². The Morgan fingerprint density at radius 3 is 2.72 bits per heavy atom. The molecule has 0 aliphatic heterocycles. The third kappa shape index (κ3) is 7.14. The molecule has 0 saturated heterocycles. The van der Waals surface area contributed by atoms with Gasteiger partial charge in [-0.05, 0) is 54.8 Å². The Labute approximate surface area is 189 Å². The van der Waals surface area contributed by atoms with E-state index in [0.717, 1.165) is 49.2 Å². The van der Waals surface area contributed by atoms with Crippen LogP contribution in [0.5, 0.6) is 5.75 Å². The number of hydrogen-bond donors (Lipinski definition) is 3. The van der Waals surface area contributed by atoms with Crippen molar-refractivity contribution >= 4 is 12.2 Å². The SMILES string of the molecule is CCN(CC[C@H](N)C=O)Cc1cccc(-c2ccnc(NCCc3ccc(O)cc3)n2)c1. The topological polar surface area (TPSA) is 104 Å². The molecule has 0 spiro atoms. The molecule has 0 fully saturated rings. The molecule has 0 bridgehead atoms. The summed E-state index contributed by atoms with van der Waals surface area (Å²) >= 11 is 0. The van der Waals surface area contributed by atoms with E-state index in [1.165, 1.54) is 5.56 Å². The largest absolute Gasteiger partial charge is 0.508 e. The van der Waals surface area contributed by atoms with Crippen LogP contribution in [0.25, 0.3) is 11.3 Å². The molecule has 32 heavy (non-hydrogen) atoms. The molecule has 0 amide bonds. The molecule has 4 N–H and O–H groups in total. The lowest BCUT2D eigenvalue weighted by atomic mass is 10.1. The summed E-state index contributed by atoms with van der Waals surface area (Å²) in [6, 6.07) is 17.0. The van der Waals surface area contributed by atoms with Crippen LogP contribution in [0.1, 0.15) is 24.5 Å². The van der Waals surface area contributed by atoms with Crippen molar-refractivity contribution in [3.63, 3.8) is 0 Å². The number of carbonyl (C=O) groups is 1. The molecule has 1 heterocycles. The van der Waals surface area contributed by atoms with E-state index in [-0.39, 0.29) is 5.75 Å². The molecule has 7 heteroatoms. The number of aldehydes is 1. The zero-order valence-corrected chi connectivity index (χ0v) is 18.4. The maximum atomic E-state index is 10.8. The van der Waals surface area contributed by atoms with Gasteiger partial charge in [0.05, 0.1) is 11.7 Å². The monoisotopic (exact) mass is 433 g/mol. The quantitative estimate of drug-likeness (QED) is 0.377. The summed E-state index contributed by atoms with van der Waals surface area (Å²) < 4.78 is 0. The van der Waals surface area contributed by atoms with Crippen molar-refractivity contribution in [2.75, 3.05) is 25.0 Å². The first-order valence-corrected chi connectivity index (χ1v) is 10.9. The van der Waals surface area contributed by atoms with Gasteiger partial charge in [0.15, 0.2) is 0 Å². The van der Waals surface area contributed by atoms with E-state index >= 15 is 0 Å². The highest BCUT2D eigenvalue weighted by Gasteiger charge is 2.09. The molecule has 0 saturated carbocycles. The first kappa shape index (κ1) is 23.4. The fourth-order valence-corrected chi connectivity index (χ4v) is 3.42. The Balaban J connectivity index is 1.61. The Hall–Kier alpha value is -3.29. The molecule has 1 aromatic heterocycles. The summed E-state index contributed by atoms with van der Waals surface area (Å²) in [7, 11) is 0. The van der Waals surface area contributed by atoms with Crippen LogP contribution >= 0.6 is 0 Å². The van der Waals surface area contributed by atoms with Gasteiger partial charge in [-0.3, -0.25) is 4.90 Å². The molecular weight excluding hydrogens is 402 g/mol. The van der Waals surface area contributed by atoms with Crippen molar-refractivity contribution in [1.82, 2.24) is 14.9 Å². The molecule has 168 valence electrons. The highest BCUT2D eigenvalue weighted by atomic mass is 16.3. The highest BCUT2D eigenvalue weighted by Crippen LogP contribution is 2.20. The predicted octanol–water partition coefficient (Wildman–Crippen LogP) is 3.24. The summed E-state index contributed by atoms with van der Waals surface area (Å²) in [5.74, 6) is 0.858. The second kappa shape index (κ2) is 11.9. The van der Waals surface area contributed by atoms with E-state index in [0.29, 0.717) is 18.9 Å². The fourth-order valence-electron chi connectivity index (χ4n) is 3.42. The number of phenols is 1. The van der Waals surface area contributed by atoms with Gasteiger partial charge in [0.1, 0.15) is 12.0 Å². The van der Waals surface area contributed by atoms with Crippen molar-refractivity contribution in [2.24, 2.45) is 5.73 Å². The lowest BCUT2D eigenvalue weighted by Gasteiger charge is -2.21. The van der Waals surface area contributed by atoms with Gasteiger partial charge < -0.3 is 21.0 Å². The molecule has 0 unspecified atom stereocenters. The van der Waals surface area contributed by atoms with Gasteiger partial charge >= 0.3 is 0 Å². The van der Waals surface area contributed by atoms with Crippen molar-refractivity contribution < 1.29 is 9.90 Å². The van der Waals surface area contributed by atoms with Crippen LogP contribution in [0.2, 0.25) is 0 Å². The Morgan fingerprint density at radius 2 is 1.97 bits per heavy atom. The van der Waals surface area contributed by atoms with Crippen LogP contribution in [0.4, 0.5) is 5.95 Å². The number of nitrogens with one attached hydrogen (secondary N) is 1. The zero-order chi connectivity index (χ0) is 22.8. The second-order valence-electron chi connectivity index (χ2n) is 7.77. The van der Waals surface area contributed by atoms with Gasteiger partial charge in [0.2, 0.25) is 5.95 Å². The van der Waals surface area contributed by atoms with Crippen molar-refractivity contribution in [1.29, 1.82) is 0 Å². The van der Waals surface area contributed by atoms with Crippen LogP contribution in [0.15, 0.2) is 60.8 Å². The van der Waals surface area contributed by atoms with Gasteiger partial charge in [0.25, 0.3) is 0 Å². The summed E-state index contributed by atoms with van der Waals surface area (Å²) in [5.41, 5.74) is 9.95. The van der Waals surface area contributed by atoms with Crippen LogP contribution in [-0.4, -0.2) is 51.9 Å². The summed E-state index contributed by atoms with van der Waals surface area (Å²) in [6.07, 6.45) is 4.03. The summed E-state index contributed by atoms with van der Waals surface area (Å²) in [4.78, 5) is 22.1. The van der Waals surface area contributed by atoms with Gasteiger partial charge in [-0.1, -0.05) is 37.3 Å². The first-order valence-electron chi connectivity index (χ1n) is 10.9. The molecule has 0 radical (unpaired) electrons. The number of rotatable bonds is 12. The Bertz CT molecular complexity index is 994. The van der Waals surface area contributed by atoms with E-state index in [4.69, 9.17) is 5.73 Å². The van der Waals surface area contributed by atoms with Crippen molar-refractivity contribution in [2.45, 2.75) is 32.4 Å². The predicted molar refractivity (Wildman–Crippen MR) is 127 cm³/mol. The van der Waals surface area contributed by atoms with Gasteiger partial charge in [-0.15, -0.1) is 0 Å². The average molecular weight is 434 g/mol. The molecule has 1 atom stereocenters. The number of aromatic hydroxyl groups is 1. The third-order valence-electron chi connectivity index (χ3n) is 5.32. The van der Waals surface area contributed by atoms with Crippen LogP contribution < -0.4 is 11.1 Å². The Kier molecular flexibility index (Phi) is 8.71. The minimum absolute atomic E-state index is 0.270. The maximum absolute atomic E-state index is 10.8. The van der Waals surface area contributed by atoms with Crippen LogP contribution in [0.3, 0.4) is 0 Å². The van der Waals surface area contributed by atoms with E-state index in [1.807, 2.05) is 30.3 Å². The number of benzene rings is 2. The van der Waals surface area contributed by atoms with Crippen molar-refractivity contribution in [3.05, 3.63) is 71.9 Å². The fraction of sp³-hybridized carbons (Fsp3) is 0.320. The highest BCUT2D eigenvalue weighted by molar-refractivity contribution is 5.61. The number of hydrogen-bond acceptors (Lipinski definition) is 7. The van der Waals surface area contributed by atoms with Gasteiger partial charge in [-0.2, -0.15) is 0 Å². The average Bonchev–Trinajstić information content (AvgIpc) is 2.83. The van der Waals surface area contributed by atoms with Gasteiger partial charge in [0, 0.05) is 31.4 Å². The minimum Gasteiger partial charge on any atom is -0.508 e. The van der Waals surface area contributed by atoms with Crippen LogP contribution in [0, 0.1) is 0 Å². The number of nitrogens with zero attached hydrogens (tertiary/aromatic N) is 3. The normalized spacial score (nSPS) is 12.0. The third-order valence-corrected chi connectivity index (χ3v) is 5.32. The first-order chi connectivity index (χ1) is 15.6. The number of aromatic nitrogens is 2. The molecule has 7 nitrogen and oxygen atoms in total. The second-order valence-corrected chi connectivity index (χ2v) is 7.77. The summed E-state index contributed by atoms with van der Waals surface area (Å²) in [5, 5.41) is 12.7. The smallest absolute Gasteiger partial charge is 0.223 e. The van der Waals surface area contributed by atoms with E-state index in [2.05, 4.69) is 39.2 Å². The van der Waals surface area contributed by atoms with E-state index in [9.17, 15) is 9.90 Å². The lowest BCUT2D eigenvalue weighted by molar-refractivity contribution is -0.109. The molecule has 0 aliphatic carbocycles. The standard InChI is InChI=1S/C25H31N5O2/c1-2-30(15-12-22(26)18-31)17-20-4-3-5-21(16-20)24-11-14-28-25(29-24)27-13-10-19-6-8-23(32)9-7-19/h3-9,11,14,16,18,22,32H,2,10,12-13,15,17,26H2,1H3,(H,27,28,29)/t22-/m0/s1. The van der Waals surface area contributed by atoms with E-state index < -0.39 is 6.04 Å². The van der Waals surface area contributed by atoms with Gasteiger partial charge in [-0.25, -0.2) is 9.97 Å². The lowest BCUT2D eigenvalue weighted by Crippen LogP contribution is -2.31. The molecule has 3 rings (SSSR count). The molecule has 3 aromatic rings. The summed E-state index contributed by atoms with van der Waals surface area (Å²) in [6.45, 7) is 5.26. The van der Waals surface area contributed by atoms with E-state index in [1.54, 1.807) is 18.3 Å². The Morgan fingerprint density at radius 1 is 1.16 bits per heavy atom. The maximum Gasteiger partial charge on any atom is 0.223 e. The molecule has 2 aromatic carbocycles. The zero-order valence-electron chi connectivity index (χ0n) is 18.4. The number of phenolic OH excluding ortho intramolecular Hbond substituents is 1. The minimum atomic E-state index is -0.406. The number of anilines is 1. The molecule has 0 aliphatic rings. The van der Waals surface area contributed by atoms with Crippen molar-refractivity contribution in [3.8, 4) is 17.0 Å².